The fraction of sp³-hybridized carbons (Fsp3) is 0.333. The summed E-state index contributed by atoms with van der Waals surface area (Å²) in [4.78, 5) is 16.3. The lowest BCUT2D eigenvalue weighted by molar-refractivity contribution is -0.118. The smallest absolute Gasteiger partial charge is 0.262 e. The quantitative estimate of drug-likeness (QED) is 0.882. The standard InChI is InChI=1S/C15H15F2N3OS.ClH/c1-9-4-2-3-5-10(9)12-7-22-14(19-12)20-13(21)11-6-15(16,17)8-18-11;/h2-5,7,11,18H,6,8H2,1H3,(H,19,20,21);1H. The van der Waals surface area contributed by atoms with Crippen molar-refractivity contribution in [2.24, 2.45) is 0 Å². The lowest BCUT2D eigenvalue weighted by Crippen LogP contribution is -2.35. The third kappa shape index (κ3) is 4.04. The molecule has 0 bridgehead atoms. The average molecular weight is 360 g/mol. The number of aryl methyl sites for hydroxylation is 1. The molecule has 1 aromatic carbocycles. The molecule has 0 aliphatic carbocycles. The van der Waals surface area contributed by atoms with Crippen LogP contribution >= 0.6 is 23.7 Å². The Hall–Kier alpha value is -1.57. The second kappa shape index (κ2) is 6.90. The number of hydrogen-bond donors (Lipinski definition) is 2. The van der Waals surface area contributed by atoms with Crippen molar-refractivity contribution in [2.75, 3.05) is 11.9 Å². The van der Waals surface area contributed by atoms with Gasteiger partial charge in [0.2, 0.25) is 5.91 Å². The molecule has 1 saturated heterocycles. The van der Waals surface area contributed by atoms with Gasteiger partial charge in [-0.15, -0.1) is 23.7 Å². The van der Waals surface area contributed by atoms with E-state index in [1.165, 1.54) is 11.3 Å². The maximum atomic E-state index is 13.1. The molecular weight excluding hydrogens is 344 g/mol. The minimum atomic E-state index is -2.82. The molecule has 2 N–H and O–H groups in total. The molecular formula is C15H16ClF2N3OS. The molecule has 0 radical (unpaired) electrons. The molecule has 1 unspecified atom stereocenters. The number of carbonyl (C=O) groups is 1. The van der Waals surface area contributed by atoms with Crippen LogP contribution in [0.15, 0.2) is 29.6 Å². The number of alkyl halides is 2. The highest BCUT2D eigenvalue weighted by atomic mass is 35.5. The molecule has 4 nitrogen and oxygen atoms in total. The predicted octanol–water partition coefficient (Wildman–Crippen LogP) is 3.48. The van der Waals surface area contributed by atoms with Gasteiger partial charge in [-0.25, -0.2) is 13.8 Å². The second-order valence-corrected chi connectivity index (χ2v) is 6.19. The van der Waals surface area contributed by atoms with E-state index in [0.29, 0.717) is 5.13 Å². The molecule has 0 spiro atoms. The van der Waals surface area contributed by atoms with Crippen molar-refractivity contribution in [1.82, 2.24) is 10.3 Å². The van der Waals surface area contributed by atoms with Crippen LogP contribution in [-0.2, 0) is 4.79 Å². The van der Waals surface area contributed by atoms with Crippen molar-refractivity contribution in [1.29, 1.82) is 0 Å². The predicted molar refractivity (Wildman–Crippen MR) is 89.5 cm³/mol. The molecule has 3 rings (SSSR count). The van der Waals surface area contributed by atoms with Crippen molar-refractivity contribution in [3.8, 4) is 11.3 Å². The number of aromatic nitrogens is 1. The summed E-state index contributed by atoms with van der Waals surface area (Å²) in [7, 11) is 0. The molecule has 1 aliphatic rings. The van der Waals surface area contributed by atoms with E-state index in [2.05, 4.69) is 15.6 Å². The van der Waals surface area contributed by atoms with E-state index < -0.39 is 30.8 Å². The summed E-state index contributed by atoms with van der Waals surface area (Å²) in [5, 5.41) is 7.39. The first kappa shape index (κ1) is 17.8. The van der Waals surface area contributed by atoms with Gasteiger partial charge in [0.05, 0.1) is 18.3 Å². The molecule has 0 saturated carbocycles. The molecule has 2 heterocycles. The van der Waals surface area contributed by atoms with Crippen molar-refractivity contribution >= 4 is 34.8 Å². The zero-order chi connectivity index (χ0) is 15.7. The Morgan fingerprint density at radius 1 is 1.43 bits per heavy atom. The van der Waals surface area contributed by atoms with Gasteiger partial charge in [0.1, 0.15) is 0 Å². The average Bonchev–Trinajstić information content (AvgIpc) is 3.06. The molecule has 1 fully saturated rings. The maximum Gasteiger partial charge on any atom is 0.262 e. The number of nitrogens with zero attached hydrogens (tertiary/aromatic N) is 1. The van der Waals surface area contributed by atoms with E-state index in [1.807, 2.05) is 36.6 Å². The highest BCUT2D eigenvalue weighted by Crippen LogP contribution is 2.29. The Bertz CT molecular complexity index is 708. The Balaban J connectivity index is 0.00000192. The number of carbonyl (C=O) groups excluding carboxylic acids is 1. The van der Waals surface area contributed by atoms with Gasteiger partial charge >= 0.3 is 0 Å². The summed E-state index contributed by atoms with van der Waals surface area (Å²) in [5.41, 5.74) is 2.84. The Labute approximate surface area is 142 Å². The first-order valence-electron chi connectivity index (χ1n) is 6.88. The fourth-order valence-corrected chi connectivity index (χ4v) is 3.12. The number of nitrogens with one attached hydrogen (secondary N) is 2. The summed E-state index contributed by atoms with van der Waals surface area (Å²) < 4.78 is 26.2. The van der Waals surface area contributed by atoms with Gasteiger partial charge in [-0.2, -0.15) is 0 Å². The maximum absolute atomic E-state index is 13.1. The van der Waals surface area contributed by atoms with Gasteiger partial charge in [0.15, 0.2) is 5.13 Å². The van der Waals surface area contributed by atoms with E-state index in [4.69, 9.17) is 0 Å². The zero-order valence-electron chi connectivity index (χ0n) is 12.3. The van der Waals surface area contributed by atoms with E-state index in [-0.39, 0.29) is 12.4 Å². The van der Waals surface area contributed by atoms with E-state index in [0.717, 1.165) is 16.8 Å². The summed E-state index contributed by atoms with van der Waals surface area (Å²) >= 11 is 1.28. The van der Waals surface area contributed by atoms with Crippen LogP contribution < -0.4 is 10.6 Å². The highest BCUT2D eigenvalue weighted by Gasteiger charge is 2.42. The van der Waals surface area contributed by atoms with Crippen LogP contribution in [0.2, 0.25) is 0 Å². The first-order valence-corrected chi connectivity index (χ1v) is 7.76. The summed E-state index contributed by atoms with van der Waals surface area (Å²) in [5.74, 6) is -3.29. The monoisotopic (exact) mass is 359 g/mol. The normalized spacial score (nSPS) is 19.2. The van der Waals surface area contributed by atoms with Gasteiger partial charge < -0.3 is 5.32 Å². The molecule has 1 atom stereocenters. The van der Waals surface area contributed by atoms with Gasteiger partial charge in [-0.3, -0.25) is 10.1 Å². The van der Waals surface area contributed by atoms with Gasteiger partial charge in [-0.1, -0.05) is 24.3 Å². The Kier molecular flexibility index (Phi) is 5.33. The van der Waals surface area contributed by atoms with Crippen LogP contribution in [-0.4, -0.2) is 29.4 Å². The number of halogens is 3. The van der Waals surface area contributed by atoms with E-state index in [1.54, 1.807) is 0 Å². The van der Waals surface area contributed by atoms with Crippen molar-refractivity contribution in [2.45, 2.75) is 25.3 Å². The van der Waals surface area contributed by atoms with Crippen LogP contribution in [0.1, 0.15) is 12.0 Å². The number of anilines is 1. The van der Waals surface area contributed by atoms with E-state index >= 15 is 0 Å². The van der Waals surface area contributed by atoms with Gasteiger partial charge in [-0.05, 0) is 12.5 Å². The van der Waals surface area contributed by atoms with Crippen LogP contribution in [0.3, 0.4) is 0 Å². The van der Waals surface area contributed by atoms with Crippen molar-refractivity contribution in [3.05, 3.63) is 35.2 Å². The lowest BCUT2D eigenvalue weighted by Gasteiger charge is -2.09. The van der Waals surface area contributed by atoms with Crippen molar-refractivity contribution in [3.63, 3.8) is 0 Å². The van der Waals surface area contributed by atoms with Crippen LogP contribution in [0.5, 0.6) is 0 Å². The van der Waals surface area contributed by atoms with E-state index in [9.17, 15) is 13.6 Å². The third-order valence-electron chi connectivity index (χ3n) is 3.58. The molecule has 2 aromatic rings. The highest BCUT2D eigenvalue weighted by molar-refractivity contribution is 7.14. The number of amides is 1. The SMILES string of the molecule is Cc1ccccc1-c1csc(NC(=O)C2CC(F)(F)CN2)n1.Cl. The molecule has 8 heteroatoms. The minimum Gasteiger partial charge on any atom is -0.301 e. The largest absolute Gasteiger partial charge is 0.301 e. The minimum absolute atomic E-state index is 0. The summed E-state index contributed by atoms with van der Waals surface area (Å²) in [6.07, 6.45) is -0.477. The molecule has 1 aromatic heterocycles. The summed E-state index contributed by atoms with van der Waals surface area (Å²) in [6.45, 7) is 1.52. The first-order chi connectivity index (χ1) is 10.4. The fourth-order valence-electron chi connectivity index (χ4n) is 2.41. The van der Waals surface area contributed by atoms with Crippen LogP contribution in [0.25, 0.3) is 11.3 Å². The third-order valence-corrected chi connectivity index (χ3v) is 4.34. The molecule has 1 aliphatic heterocycles. The van der Waals surface area contributed by atoms with Crippen LogP contribution in [0.4, 0.5) is 13.9 Å². The Morgan fingerprint density at radius 3 is 2.83 bits per heavy atom. The topological polar surface area (TPSA) is 54.0 Å². The number of hydrogen-bond acceptors (Lipinski definition) is 4. The van der Waals surface area contributed by atoms with Gasteiger partial charge in [0.25, 0.3) is 5.92 Å². The molecule has 23 heavy (non-hydrogen) atoms. The number of thiazole rings is 1. The van der Waals surface area contributed by atoms with Crippen molar-refractivity contribution < 1.29 is 13.6 Å². The van der Waals surface area contributed by atoms with Crippen LogP contribution in [0, 0.1) is 6.92 Å². The second-order valence-electron chi connectivity index (χ2n) is 5.34. The molecule has 124 valence electrons. The Morgan fingerprint density at radius 2 is 2.17 bits per heavy atom. The summed E-state index contributed by atoms with van der Waals surface area (Å²) in [6, 6.07) is 6.93. The lowest BCUT2D eigenvalue weighted by atomic mass is 10.1. The number of rotatable bonds is 3. The zero-order valence-corrected chi connectivity index (χ0v) is 13.9. The van der Waals surface area contributed by atoms with Gasteiger partial charge in [0, 0.05) is 17.4 Å². The molecule has 1 amide bonds. The number of benzene rings is 1.